The van der Waals surface area contributed by atoms with Crippen molar-refractivity contribution in [3.8, 4) is 0 Å². The standard InChI is InChI=1S/C14H22N2O4/c1-10(13(17)18)9-16(3)14(19)15-11(2)6-7-12-5-4-8-20-12/h4-5,8,10-11H,6-7,9H2,1-3H3,(H,15,19)(H,17,18). The molecule has 1 aromatic rings. The van der Waals surface area contributed by atoms with Crippen molar-refractivity contribution in [2.45, 2.75) is 32.7 Å². The van der Waals surface area contributed by atoms with Crippen LogP contribution in [-0.4, -0.2) is 41.6 Å². The summed E-state index contributed by atoms with van der Waals surface area (Å²) in [6.45, 7) is 3.67. The van der Waals surface area contributed by atoms with Gasteiger partial charge in [0.15, 0.2) is 0 Å². The molecule has 1 rings (SSSR count). The third-order valence-corrected chi connectivity index (χ3v) is 3.09. The number of aliphatic carboxylic acids is 1. The first-order chi connectivity index (χ1) is 9.40. The molecule has 0 fully saturated rings. The van der Waals surface area contributed by atoms with Crippen LogP contribution in [0.3, 0.4) is 0 Å². The summed E-state index contributed by atoms with van der Waals surface area (Å²) < 4.78 is 5.23. The Kier molecular flexibility index (Phi) is 6.09. The zero-order chi connectivity index (χ0) is 15.1. The maximum Gasteiger partial charge on any atom is 0.317 e. The van der Waals surface area contributed by atoms with Gasteiger partial charge in [0.05, 0.1) is 12.2 Å². The highest BCUT2D eigenvalue weighted by atomic mass is 16.4. The average molecular weight is 282 g/mol. The van der Waals surface area contributed by atoms with Crippen LogP contribution in [0.1, 0.15) is 26.0 Å². The zero-order valence-electron chi connectivity index (χ0n) is 12.1. The predicted octanol–water partition coefficient (Wildman–Crippen LogP) is 1.96. The number of carboxylic acid groups (broad SMARTS) is 1. The van der Waals surface area contributed by atoms with Gasteiger partial charge in [-0.2, -0.15) is 0 Å². The number of nitrogens with zero attached hydrogens (tertiary/aromatic N) is 1. The number of nitrogens with one attached hydrogen (secondary N) is 1. The summed E-state index contributed by atoms with van der Waals surface area (Å²) in [4.78, 5) is 24.0. The van der Waals surface area contributed by atoms with Gasteiger partial charge in [0, 0.05) is 26.1 Å². The quantitative estimate of drug-likeness (QED) is 0.801. The van der Waals surface area contributed by atoms with Gasteiger partial charge in [-0.25, -0.2) is 4.79 Å². The molecule has 0 bridgehead atoms. The number of furan rings is 1. The molecule has 0 aromatic carbocycles. The molecule has 0 saturated heterocycles. The molecule has 0 aliphatic carbocycles. The van der Waals surface area contributed by atoms with Gasteiger partial charge < -0.3 is 19.7 Å². The van der Waals surface area contributed by atoms with Gasteiger partial charge in [0.2, 0.25) is 0 Å². The molecule has 0 spiro atoms. The summed E-state index contributed by atoms with van der Waals surface area (Å²) >= 11 is 0. The molecule has 6 nitrogen and oxygen atoms in total. The van der Waals surface area contributed by atoms with Crippen LogP contribution in [0.4, 0.5) is 4.79 Å². The van der Waals surface area contributed by atoms with Gasteiger partial charge in [-0.1, -0.05) is 6.92 Å². The number of hydrogen-bond donors (Lipinski definition) is 2. The summed E-state index contributed by atoms with van der Waals surface area (Å²) in [5, 5.41) is 11.7. The number of hydrogen-bond acceptors (Lipinski definition) is 3. The topological polar surface area (TPSA) is 82.8 Å². The van der Waals surface area contributed by atoms with Crippen LogP contribution in [-0.2, 0) is 11.2 Å². The molecule has 2 unspecified atom stereocenters. The number of carboxylic acids is 1. The number of urea groups is 1. The number of carbonyl (C=O) groups is 2. The highest BCUT2D eigenvalue weighted by Gasteiger charge is 2.18. The molecule has 0 aliphatic heterocycles. The van der Waals surface area contributed by atoms with E-state index in [-0.39, 0.29) is 18.6 Å². The van der Waals surface area contributed by atoms with Gasteiger partial charge in [-0.15, -0.1) is 0 Å². The molecule has 6 heteroatoms. The summed E-state index contributed by atoms with van der Waals surface area (Å²) in [6.07, 6.45) is 3.14. The summed E-state index contributed by atoms with van der Waals surface area (Å²) in [5.41, 5.74) is 0. The van der Waals surface area contributed by atoms with Gasteiger partial charge in [-0.05, 0) is 25.5 Å². The largest absolute Gasteiger partial charge is 0.481 e. The van der Waals surface area contributed by atoms with Gasteiger partial charge >= 0.3 is 12.0 Å². The monoisotopic (exact) mass is 282 g/mol. The Bertz CT molecular complexity index is 430. The molecule has 2 amide bonds. The first kappa shape index (κ1) is 16.1. The van der Waals surface area contributed by atoms with Crippen LogP contribution < -0.4 is 5.32 Å². The highest BCUT2D eigenvalue weighted by Crippen LogP contribution is 2.06. The second-order valence-corrected chi connectivity index (χ2v) is 5.09. The molecule has 0 radical (unpaired) electrons. The Morgan fingerprint density at radius 2 is 2.15 bits per heavy atom. The van der Waals surface area contributed by atoms with E-state index in [1.807, 2.05) is 19.1 Å². The van der Waals surface area contributed by atoms with E-state index in [2.05, 4.69) is 5.32 Å². The van der Waals surface area contributed by atoms with Crippen LogP contribution >= 0.6 is 0 Å². The minimum atomic E-state index is -0.907. The van der Waals surface area contributed by atoms with E-state index in [1.54, 1.807) is 20.2 Å². The Balaban J connectivity index is 2.31. The fourth-order valence-corrected chi connectivity index (χ4v) is 1.78. The number of amides is 2. The Labute approximate surface area is 118 Å². The van der Waals surface area contributed by atoms with Gasteiger partial charge in [0.1, 0.15) is 5.76 Å². The maximum absolute atomic E-state index is 11.9. The lowest BCUT2D eigenvalue weighted by Crippen LogP contribution is -2.44. The van der Waals surface area contributed by atoms with Crippen molar-refractivity contribution in [2.75, 3.05) is 13.6 Å². The summed E-state index contributed by atoms with van der Waals surface area (Å²) in [7, 11) is 1.59. The molecule has 112 valence electrons. The molecular weight excluding hydrogens is 260 g/mol. The summed E-state index contributed by atoms with van der Waals surface area (Å²) in [6, 6.07) is 3.47. The van der Waals surface area contributed by atoms with Crippen molar-refractivity contribution in [2.24, 2.45) is 5.92 Å². The molecule has 20 heavy (non-hydrogen) atoms. The molecular formula is C14H22N2O4. The highest BCUT2D eigenvalue weighted by molar-refractivity contribution is 5.75. The average Bonchev–Trinajstić information content (AvgIpc) is 2.89. The van der Waals surface area contributed by atoms with Crippen LogP contribution in [0, 0.1) is 5.92 Å². The van der Waals surface area contributed by atoms with E-state index in [9.17, 15) is 9.59 Å². The van der Waals surface area contributed by atoms with Crippen LogP contribution in [0.2, 0.25) is 0 Å². The molecule has 2 atom stereocenters. The first-order valence-electron chi connectivity index (χ1n) is 6.67. The van der Waals surface area contributed by atoms with Crippen LogP contribution in [0.25, 0.3) is 0 Å². The zero-order valence-corrected chi connectivity index (χ0v) is 12.1. The molecule has 2 N–H and O–H groups in total. The summed E-state index contributed by atoms with van der Waals surface area (Å²) in [5.74, 6) is -0.598. The number of aryl methyl sites for hydroxylation is 1. The second-order valence-electron chi connectivity index (χ2n) is 5.09. The van der Waals surface area contributed by atoms with Crippen LogP contribution in [0.5, 0.6) is 0 Å². The third-order valence-electron chi connectivity index (χ3n) is 3.09. The van der Waals surface area contributed by atoms with E-state index in [1.165, 1.54) is 4.90 Å². The normalized spacial score (nSPS) is 13.6. The smallest absolute Gasteiger partial charge is 0.317 e. The Hall–Kier alpha value is -1.98. The van der Waals surface area contributed by atoms with E-state index in [0.29, 0.717) is 0 Å². The van der Waals surface area contributed by atoms with E-state index in [0.717, 1.165) is 18.6 Å². The SMILES string of the molecule is CC(CCc1ccco1)NC(=O)N(C)CC(C)C(=O)O. The molecule has 0 saturated carbocycles. The number of carbonyl (C=O) groups excluding carboxylic acids is 1. The lowest BCUT2D eigenvalue weighted by Gasteiger charge is -2.22. The molecule has 0 aliphatic rings. The fourth-order valence-electron chi connectivity index (χ4n) is 1.78. The first-order valence-corrected chi connectivity index (χ1v) is 6.67. The maximum atomic E-state index is 11.9. The fraction of sp³-hybridized carbons (Fsp3) is 0.571. The van der Waals surface area contributed by atoms with Crippen molar-refractivity contribution in [1.29, 1.82) is 0 Å². The predicted molar refractivity (Wildman–Crippen MR) is 74.5 cm³/mol. The van der Waals surface area contributed by atoms with Crippen molar-refractivity contribution >= 4 is 12.0 Å². The minimum Gasteiger partial charge on any atom is -0.481 e. The van der Waals surface area contributed by atoms with Crippen molar-refractivity contribution in [3.05, 3.63) is 24.2 Å². The minimum absolute atomic E-state index is 0.00446. The van der Waals surface area contributed by atoms with E-state index in [4.69, 9.17) is 9.52 Å². The second kappa shape index (κ2) is 7.57. The van der Waals surface area contributed by atoms with Gasteiger partial charge in [0.25, 0.3) is 0 Å². The van der Waals surface area contributed by atoms with E-state index >= 15 is 0 Å². The van der Waals surface area contributed by atoms with Crippen molar-refractivity contribution in [3.63, 3.8) is 0 Å². The lowest BCUT2D eigenvalue weighted by molar-refractivity contribution is -0.141. The Morgan fingerprint density at radius 3 is 2.70 bits per heavy atom. The van der Waals surface area contributed by atoms with Crippen LogP contribution in [0.15, 0.2) is 22.8 Å². The molecule has 1 aromatic heterocycles. The third kappa shape index (κ3) is 5.34. The number of rotatable bonds is 7. The molecule has 1 heterocycles. The van der Waals surface area contributed by atoms with E-state index < -0.39 is 11.9 Å². The van der Waals surface area contributed by atoms with Gasteiger partial charge in [-0.3, -0.25) is 4.79 Å². The lowest BCUT2D eigenvalue weighted by atomic mass is 10.1. The van der Waals surface area contributed by atoms with Crippen molar-refractivity contribution < 1.29 is 19.1 Å². The Morgan fingerprint density at radius 1 is 1.45 bits per heavy atom. The van der Waals surface area contributed by atoms with Crippen molar-refractivity contribution in [1.82, 2.24) is 10.2 Å².